The molecule has 5 heterocycles. The largest absolute Gasteiger partial charge is 0.461 e. The summed E-state index contributed by atoms with van der Waals surface area (Å²) in [6, 6.07) is 5.86. The SMILES string of the molecule is CC(C)(C)OC(=O)Nc1sc2c(F)ccc(-c3c(Cl)cc4c(N5CC(O)C5)nc(OC[C@@]56CCCN5C[C@H](F)C6)nc4c3F)c2c1C#N. The molecule has 2 aromatic heterocycles. The third kappa shape index (κ3) is 5.66. The topological polar surface area (TPSA) is 124 Å². The first-order valence-electron chi connectivity index (χ1n) is 15.6. The highest BCUT2D eigenvalue weighted by Gasteiger charge is 2.49. The Bertz CT molecular complexity index is 2010. The molecule has 10 nitrogen and oxygen atoms in total. The van der Waals surface area contributed by atoms with Crippen LogP contribution < -0.4 is 15.0 Å². The van der Waals surface area contributed by atoms with Gasteiger partial charge in [-0.05, 0) is 57.9 Å². The van der Waals surface area contributed by atoms with Crippen molar-refractivity contribution < 1.29 is 32.5 Å². The fourth-order valence-corrected chi connectivity index (χ4v) is 8.32. The fourth-order valence-electron chi connectivity index (χ4n) is 6.96. The van der Waals surface area contributed by atoms with E-state index in [2.05, 4.69) is 20.2 Å². The molecular weight excluding hydrogens is 669 g/mol. The van der Waals surface area contributed by atoms with Crippen LogP contribution in [0.4, 0.5) is 28.8 Å². The second-order valence-electron chi connectivity index (χ2n) is 13.5. The average molecular weight is 701 g/mol. The molecule has 0 bridgehead atoms. The Hall–Kier alpha value is -3.90. The van der Waals surface area contributed by atoms with Crippen molar-refractivity contribution in [3.05, 3.63) is 40.4 Å². The number of rotatable bonds is 6. The highest BCUT2D eigenvalue weighted by molar-refractivity contribution is 7.23. The molecule has 2 N–H and O–H groups in total. The van der Waals surface area contributed by atoms with Crippen LogP contribution in [0.25, 0.3) is 32.1 Å². The van der Waals surface area contributed by atoms with Crippen LogP contribution in [-0.2, 0) is 4.74 Å². The Morgan fingerprint density at radius 1 is 1.27 bits per heavy atom. The lowest BCUT2D eigenvalue weighted by atomic mass is 9.95. The quantitative estimate of drug-likeness (QED) is 0.224. The number of nitrogens with one attached hydrogen (secondary N) is 1. The molecule has 4 aromatic rings. The molecular formula is C33H32ClF3N6O4S. The molecule has 1 amide bonds. The van der Waals surface area contributed by atoms with Crippen LogP contribution in [0.5, 0.6) is 6.01 Å². The van der Waals surface area contributed by atoms with Gasteiger partial charge in [0.15, 0.2) is 5.82 Å². The lowest BCUT2D eigenvalue weighted by Crippen LogP contribution is -2.51. The maximum absolute atomic E-state index is 16.9. The van der Waals surface area contributed by atoms with E-state index in [1.165, 1.54) is 12.1 Å². The van der Waals surface area contributed by atoms with Crippen molar-refractivity contribution in [3.8, 4) is 23.2 Å². The Labute approximate surface area is 283 Å². The van der Waals surface area contributed by atoms with Crippen LogP contribution in [0.2, 0.25) is 5.02 Å². The summed E-state index contributed by atoms with van der Waals surface area (Å²) in [5.41, 5.74) is -1.56. The summed E-state index contributed by atoms with van der Waals surface area (Å²) in [5.74, 6) is -1.23. The Morgan fingerprint density at radius 3 is 2.75 bits per heavy atom. The van der Waals surface area contributed by atoms with Crippen LogP contribution in [-0.4, -0.2) is 82.3 Å². The number of aliphatic hydroxyl groups is 1. The number of nitrogens with zero attached hydrogens (tertiary/aromatic N) is 5. The number of carbonyl (C=O) groups excluding carboxylic acids is 1. The molecule has 0 unspecified atom stereocenters. The predicted molar refractivity (Wildman–Crippen MR) is 177 cm³/mol. The van der Waals surface area contributed by atoms with Crippen LogP contribution in [0.1, 0.15) is 45.6 Å². The van der Waals surface area contributed by atoms with Crippen molar-refractivity contribution in [1.82, 2.24) is 14.9 Å². The maximum Gasteiger partial charge on any atom is 0.412 e. The summed E-state index contributed by atoms with van der Waals surface area (Å²) in [6.45, 7) is 6.76. The summed E-state index contributed by atoms with van der Waals surface area (Å²) in [6.07, 6.45) is -0.398. The standard InChI is InChI=1S/C33H32ClF3N6O4S/c1-32(2,3)47-31(45)41-29-20(11-38)23-18(5-6-22(36)27(23)48-29)24-21(34)9-19-26(25(24)37)39-30(40-28(19)42-13-17(44)14-42)46-15-33-7-4-8-43(33)12-16(35)10-33/h5-6,9,16-17,44H,4,7-8,10,12-15H2,1-3H3,(H,41,45)/t16-,33+/m1/s1. The van der Waals surface area contributed by atoms with Gasteiger partial charge in [0.25, 0.3) is 0 Å². The molecule has 0 aliphatic carbocycles. The van der Waals surface area contributed by atoms with E-state index < -0.39 is 41.1 Å². The van der Waals surface area contributed by atoms with E-state index in [-0.39, 0.29) is 73.4 Å². The van der Waals surface area contributed by atoms with E-state index in [1.54, 1.807) is 25.7 Å². The molecule has 0 radical (unpaired) electrons. The molecule has 15 heteroatoms. The van der Waals surface area contributed by atoms with Gasteiger partial charge < -0.3 is 19.5 Å². The predicted octanol–water partition coefficient (Wildman–Crippen LogP) is 6.80. The van der Waals surface area contributed by atoms with E-state index in [4.69, 9.17) is 21.1 Å². The van der Waals surface area contributed by atoms with E-state index in [0.29, 0.717) is 18.8 Å². The zero-order valence-corrected chi connectivity index (χ0v) is 27.9. The number of aliphatic hydroxyl groups excluding tert-OH is 1. The summed E-state index contributed by atoms with van der Waals surface area (Å²) >= 11 is 7.59. The first-order chi connectivity index (χ1) is 22.8. The van der Waals surface area contributed by atoms with Crippen LogP contribution in [0.3, 0.4) is 0 Å². The number of carbonyl (C=O) groups is 1. The Balaban J connectivity index is 1.35. The number of ether oxygens (including phenoxy) is 2. The van der Waals surface area contributed by atoms with Crippen molar-refractivity contribution in [1.29, 1.82) is 5.26 Å². The first-order valence-corrected chi connectivity index (χ1v) is 16.8. The number of hydrogen-bond acceptors (Lipinski definition) is 10. The molecule has 252 valence electrons. The van der Waals surface area contributed by atoms with Gasteiger partial charge in [0.1, 0.15) is 46.6 Å². The molecule has 3 fully saturated rings. The van der Waals surface area contributed by atoms with Gasteiger partial charge in [-0.3, -0.25) is 10.2 Å². The zero-order chi connectivity index (χ0) is 34.1. The maximum atomic E-state index is 16.9. The van der Waals surface area contributed by atoms with Gasteiger partial charge in [0.05, 0.1) is 26.9 Å². The number of anilines is 2. The minimum atomic E-state index is -0.963. The van der Waals surface area contributed by atoms with Crippen molar-refractivity contribution in [2.45, 2.75) is 63.4 Å². The second kappa shape index (κ2) is 11.9. The lowest BCUT2D eigenvalue weighted by molar-refractivity contribution is 0.0636. The lowest BCUT2D eigenvalue weighted by Gasteiger charge is -2.37. The smallest absolute Gasteiger partial charge is 0.412 e. The van der Waals surface area contributed by atoms with Gasteiger partial charge in [-0.2, -0.15) is 15.2 Å². The highest BCUT2D eigenvalue weighted by atomic mass is 35.5. The number of aromatic nitrogens is 2. The number of halogens is 4. The summed E-state index contributed by atoms with van der Waals surface area (Å²) in [5, 5.41) is 23.0. The minimum absolute atomic E-state index is 0.00995. The number of benzene rings is 2. The number of fused-ring (bicyclic) bond motifs is 3. The number of thiophene rings is 1. The van der Waals surface area contributed by atoms with E-state index >= 15 is 8.78 Å². The second-order valence-corrected chi connectivity index (χ2v) is 15.0. The normalized spacial score (nSPS) is 21.4. The number of amides is 1. The highest BCUT2D eigenvalue weighted by Crippen LogP contribution is 2.47. The van der Waals surface area contributed by atoms with Crippen LogP contribution in [0.15, 0.2) is 18.2 Å². The Kier molecular flexibility index (Phi) is 8.10. The third-order valence-corrected chi connectivity index (χ3v) is 10.4. The summed E-state index contributed by atoms with van der Waals surface area (Å²) < 4.78 is 57.9. The van der Waals surface area contributed by atoms with Crippen molar-refractivity contribution in [3.63, 3.8) is 0 Å². The first kappa shape index (κ1) is 32.6. The molecule has 3 aliphatic rings. The van der Waals surface area contributed by atoms with Gasteiger partial charge >= 0.3 is 12.1 Å². The van der Waals surface area contributed by atoms with E-state index in [1.807, 2.05) is 6.07 Å². The van der Waals surface area contributed by atoms with E-state index in [0.717, 1.165) is 36.8 Å². The van der Waals surface area contributed by atoms with Gasteiger partial charge in [-0.15, -0.1) is 11.3 Å². The van der Waals surface area contributed by atoms with Crippen molar-refractivity contribution in [2.75, 3.05) is 43.0 Å². The summed E-state index contributed by atoms with van der Waals surface area (Å²) in [4.78, 5) is 25.4. The number of β-amino-alcohol motifs (C(OH)–C–C–N with tert-alkyl or cyclic N) is 1. The number of hydrogen-bond donors (Lipinski definition) is 2. The molecule has 7 rings (SSSR count). The van der Waals surface area contributed by atoms with Crippen molar-refractivity contribution >= 4 is 60.8 Å². The molecule has 2 atom stereocenters. The van der Waals surface area contributed by atoms with Crippen LogP contribution in [0, 0.1) is 23.0 Å². The van der Waals surface area contributed by atoms with Gasteiger partial charge in [0.2, 0.25) is 0 Å². The van der Waals surface area contributed by atoms with Gasteiger partial charge in [-0.1, -0.05) is 17.7 Å². The minimum Gasteiger partial charge on any atom is -0.461 e. The third-order valence-electron chi connectivity index (χ3n) is 9.02. The molecule has 48 heavy (non-hydrogen) atoms. The molecule has 3 saturated heterocycles. The molecule has 2 aromatic carbocycles. The van der Waals surface area contributed by atoms with Gasteiger partial charge in [-0.25, -0.2) is 18.0 Å². The summed E-state index contributed by atoms with van der Waals surface area (Å²) in [7, 11) is 0. The molecule has 0 saturated carbocycles. The monoisotopic (exact) mass is 700 g/mol. The number of alkyl halides is 1. The molecule has 0 spiro atoms. The fraction of sp³-hybridized carbons (Fsp3) is 0.455. The van der Waals surface area contributed by atoms with Gasteiger partial charge in [0, 0.05) is 42.4 Å². The van der Waals surface area contributed by atoms with Crippen LogP contribution >= 0.6 is 22.9 Å². The molecule has 3 aliphatic heterocycles. The van der Waals surface area contributed by atoms with Crippen molar-refractivity contribution in [2.24, 2.45) is 0 Å². The van der Waals surface area contributed by atoms with E-state index in [9.17, 15) is 19.6 Å². The zero-order valence-electron chi connectivity index (χ0n) is 26.4. The average Bonchev–Trinajstić information content (AvgIpc) is 3.64. The number of nitriles is 1. The Morgan fingerprint density at radius 2 is 2.04 bits per heavy atom.